The van der Waals surface area contributed by atoms with Crippen LogP contribution in [0.1, 0.15) is 70.8 Å². The van der Waals surface area contributed by atoms with Gasteiger partial charge in [0.1, 0.15) is 11.4 Å². The molecular weight excluding hydrogens is 464 g/mol. The van der Waals surface area contributed by atoms with Crippen LogP contribution in [-0.4, -0.2) is 36.0 Å². The van der Waals surface area contributed by atoms with Crippen LogP contribution < -0.4 is 10.1 Å². The van der Waals surface area contributed by atoms with Crippen molar-refractivity contribution in [1.82, 2.24) is 5.32 Å². The van der Waals surface area contributed by atoms with E-state index in [1.165, 1.54) is 5.57 Å². The number of hydrogen-bond acceptors (Lipinski definition) is 5. The second-order valence-corrected chi connectivity index (χ2v) is 12.0. The molecule has 6 heteroatoms. The molecule has 5 rings (SSSR count). The Morgan fingerprint density at radius 2 is 1.89 bits per heavy atom. The van der Waals surface area contributed by atoms with Gasteiger partial charge < -0.3 is 20.0 Å². The molecule has 4 aliphatic rings. The summed E-state index contributed by atoms with van der Waals surface area (Å²) in [5.74, 6) is 5.11. The zero-order valence-corrected chi connectivity index (χ0v) is 22.4. The minimum absolute atomic E-state index is 0.0941. The number of nitrogens with zero attached hydrogens (tertiary/aromatic N) is 1. The summed E-state index contributed by atoms with van der Waals surface area (Å²) in [5, 5.41) is 18.4. The zero-order valence-electron chi connectivity index (χ0n) is 22.4. The van der Waals surface area contributed by atoms with Crippen LogP contribution in [0.5, 0.6) is 5.75 Å². The molecule has 6 atom stereocenters. The molecule has 0 bridgehead atoms. The number of nitrogens with one attached hydrogen (secondary N) is 1. The fourth-order valence-corrected chi connectivity index (χ4v) is 8.07. The molecule has 4 aliphatic carbocycles. The van der Waals surface area contributed by atoms with Gasteiger partial charge in [0, 0.05) is 12.0 Å². The number of carbonyl (C=O) groups excluding carboxylic acids is 1. The first-order valence-electron chi connectivity index (χ1n) is 13.7. The van der Waals surface area contributed by atoms with Crippen LogP contribution >= 0.6 is 0 Å². The number of terminal acetylenes is 1. The zero-order chi connectivity index (χ0) is 26.3. The van der Waals surface area contributed by atoms with Crippen molar-refractivity contribution in [3.63, 3.8) is 0 Å². The summed E-state index contributed by atoms with van der Waals surface area (Å²) in [4.78, 5) is 17.7. The summed E-state index contributed by atoms with van der Waals surface area (Å²) in [7, 11) is 1.63. The largest absolute Gasteiger partial charge is 0.497 e. The Balaban J connectivity index is 1.18. The van der Waals surface area contributed by atoms with E-state index in [0.29, 0.717) is 24.3 Å². The first kappa shape index (κ1) is 25.9. The topological polar surface area (TPSA) is 80.2 Å². The molecular formula is C31H40N2O4. The predicted octanol–water partition coefficient (Wildman–Crippen LogP) is 5.01. The molecule has 37 heavy (non-hydrogen) atoms. The lowest BCUT2D eigenvalue weighted by Crippen LogP contribution is -2.54. The van der Waals surface area contributed by atoms with Gasteiger partial charge in [-0.1, -0.05) is 42.6 Å². The van der Waals surface area contributed by atoms with E-state index in [0.717, 1.165) is 68.4 Å². The van der Waals surface area contributed by atoms with Crippen LogP contribution in [0.15, 0.2) is 41.1 Å². The van der Waals surface area contributed by atoms with Crippen LogP contribution in [-0.2, 0) is 16.2 Å². The van der Waals surface area contributed by atoms with Crippen molar-refractivity contribution in [2.75, 3.05) is 13.7 Å². The maximum absolute atomic E-state index is 12.2. The maximum Gasteiger partial charge on any atom is 0.261 e. The number of oxime groups is 1. The molecule has 6 nitrogen and oxygen atoms in total. The molecule has 0 spiro atoms. The molecule has 0 saturated heterocycles. The number of ether oxygens (including phenoxy) is 1. The molecule has 2 N–H and O–H groups in total. The van der Waals surface area contributed by atoms with E-state index < -0.39 is 5.60 Å². The number of allylic oxidation sites excluding steroid dienone is 2. The van der Waals surface area contributed by atoms with E-state index in [-0.39, 0.29) is 23.3 Å². The highest BCUT2D eigenvalue weighted by Gasteiger charge is 2.63. The molecule has 0 radical (unpaired) electrons. The number of aliphatic hydroxyl groups is 1. The van der Waals surface area contributed by atoms with E-state index in [9.17, 15) is 9.90 Å². The number of hydrogen-bond donors (Lipinski definition) is 2. The number of carbonyl (C=O) groups is 1. The molecule has 198 valence electrons. The Morgan fingerprint density at radius 1 is 1.14 bits per heavy atom. The Morgan fingerprint density at radius 3 is 2.62 bits per heavy atom. The molecule has 6 unspecified atom stereocenters. The SMILES string of the molecule is C#CC1(O)CCC2C3CCC4=CC(=NOCC(=O)NCc5ccc(OC)cc5)CCC4(C)C3CCC21C. The molecule has 3 fully saturated rings. The van der Waals surface area contributed by atoms with Gasteiger partial charge in [0.25, 0.3) is 5.91 Å². The Labute approximate surface area is 220 Å². The summed E-state index contributed by atoms with van der Waals surface area (Å²) >= 11 is 0. The fourth-order valence-electron chi connectivity index (χ4n) is 8.07. The maximum atomic E-state index is 12.2. The minimum atomic E-state index is -0.954. The van der Waals surface area contributed by atoms with Crippen LogP contribution in [0.3, 0.4) is 0 Å². The lowest BCUT2D eigenvalue weighted by Gasteiger charge is -2.58. The van der Waals surface area contributed by atoms with Gasteiger partial charge in [0.15, 0.2) is 6.61 Å². The van der Waals surface area contributed by atoms with Gasteiger partial charge in [0.2, 0.25) is 0 Å². The number of rotatable bonds is 6. The number of benzene rings is 1. The second kappa shape index (κ2) is 9.83. The van der Waals surface area contributed by atoms with Gasteiger partial charge in [0.05, 0.1) is 12.8 Å². The number of amides is 1. The normalized spacial score (nSPS) is 37.4. The lowest BCUT2D eigenvalue weighted by molar-refractivity contribution is -0.125. The highest BCUT2D eigenvalue weighted by atomic mass is 16.6. The van der Waals surface area contributed by atoms with Crippen LogP contribution in [0.2, 0.25) is 0 Å². The van der Waals surface area contributed by atoms with Gasteiger partial charge in [-0.25, -0.2) is 0 Å². The first-order chi connectivity index (χ1) is 17.7. The van der Waals surface area contributed by atoms with Gasteiger partial charge in [-0.05, 0) is 98.3 Å². The smallest absolute Gasteiger partial charge is 0.261 e. The second-order valence-electron chi connectivity index (χ2n) is 12.0. The van der Waals surface area contributed by atoms with Crippen LogP contribution in [0, 0.1) is 40.9 Å². The Kier molecular flexibility index (Phi) is 6.87. The number of fused-ring (bicyclic) bond motifs is 5. The summed E-state index contributed by atoms with van der Waals surface area (Å²) in [6, 6.07) is 7.60. The third-order valence-corrected chi connectivity index (χ3v) is 10.4. The van der Waals surface area contributed by atoms with Crippen molar-refractivity contribution in [3.8, 4) is 18.1 Å². The molecule has 3 saturated carbocycles. The quantitative estimate of drug-likeness (QED) is 0.422. The van der Waals surface area contributed by atoms with Crippen LogP contribution in [0.25, 0.3) is 0 Å². The monoisotopic (exact) mass is 504 g/mol. The van der Waals surface area contributed by atoms with E-state index in [2.05, 4.69) is 36.3 Å². The summed E-state index contributed by atoms with van der Waals surface area (Å²) in [6.07, 6.45) is 16.0. The van der Waals surface area contributed by atoms with Crippen molar-refractivity contribution >= 4 is 11.6 Å². The first-order valence-corrected chi connectivity index (χ1v) is 13.7. The number of methoxy groups -OCH3 is 1. The molecule has 1 amide bonds. The van der Waals surface area contributed by atoms with Crippen molar-refractivity contribution in [1.29, 1.82) is 0 Å². The molecule has 1 aromatic rings. The van der Waals surface area contributed by atoms with E-state index in [1.807, 2.05) is 24.3 Å². The van der Waals surface area contributed by atoms with Gasteiger partial charge >= 0.3 is 0 Å². The average molecular weight is 505 g/mol. The average Bonchev–Trinajstić information content (AvgIpc) is 3.18. The third kappa shape index (κ3) is 4.46. The summed E-state index contributed by atoms with van der Waals surface area (Å²) < 4.78 is 5.16. The minimum Gasteiger partial charge on any atom is -0.497 e. The van der Waals surface area contributed by atoms with Crippen molar-refractivity contribution in [2.45, 2.75) is 77.4 Å². The van der Waals surface area contributed by atoms with Gasteiger partial charge in [-0.15, -0.1) is 6.42 Å². The van der Waals surface area contributed by atoms with E-state index in [4.69, 9.17) is 16.0 Å². The van der Waals surface area contributed by atoms with Gasteiger partial charge in [-0.2, -0.15) is 0 Å². The third-order valence-electron chi connectivity index (χ3n) is 10.4. The van der Waals surface area contributed by atoms with Crippen molar-refractivity contribution in [3.05, 3.63) is 41.5 Å². The van der Waals surface area contributed by atoms with Crippen molar-refractivity contribution < 1.29 is 19.5 Å². The standard InChI is InChI=1S/C31H40N2O4/c1-5-31(35)17-14-27-25-11-8-22-18-23(12-15-29(22,2)26(25)13-16-30(27,31)3)33-37-20-28(34)32-19-21-6-9-24(36-4)10-7-21/h1,6-7,9-10,18,25-27,35H,8,11-17,19-20H2,2-4H3,(H,32,34). The fraction of sp³-hybridized carbons (Fsp3) is 0.613. The molecule has 0 heterocycles. The predicted molar refractivity (Wildman–Crippen MR) is 144 cm³/mol. The highest BCUT2D eigenvalue weighted by molar-refractivity contribution is 5.96. The van der Waals surface area contributed by atoms with Gasteiger partial charge in [-0.3, -0.25) is 4.79 Å². The lowest BCUT2D eigenvalue weighted by atomic mass is 9.46. The van der Waals surface area contributed by atoms with Crippen molar-refractivity contribution in [2.24, 2.45) is 33.7 Å². The Hall–Kier alpha value is -2.78. The molecule has 0 aliphatic heterocycles. The summed E-state index contributed by atoms with van der Waals surface area (Å²) in [5.41, 5.74) is 2.44. The summed E-state index contributed by atoms with van der Waals surface area (Å²) in [6.45, 7) is 5.02. The molecule has 0 aromatic heterocycles. The van der Waals surface area contributed by atoms with Crippen LogP contribution in [0.4, 0.5) is 0 Å². The highest BCUT2D eigenvalue weighted by Crippen LogP contribution is 2.67. The Bertz CT molecular complexity index is 1130. The molecule has 1 aromatic carbocycles. The van der Waals surface area contributed by atoms with E-state index >= 15 is 0 Å². The van der Waals surface area contributed by atoms with E-state index in [1.54, 1.807) is 7.11 Å².